The number of amides is 1. The molecule has 0 aliphatic carbocycles. The molecule has 7 heteroatoms. The van der Waals surface area contributed by atoms with Crippen molar-refractivity contribution < 1.29 is 17.6 Å². The van der Waals surface area contributed by atoms with E-state index in [0.717, 1.165) is 10.9 Å². The van der Waals surface area contributed by atoms with Crippen LogP contribution in [0.5, 0.6) is 0 Å². The molecule has 1 aliphatic heterocycles. The van der Waals surface area contributed by atoms with Crippen molar-refractivity contribution in [2.45, 2.75) is 25.5 Å². The lowest BCUT2D eigenvalue weighted by Crippen LogP contribution is -2.37. The predicted molar refractivity (Wildman–Crippen MR) is 87.9 cm³/mol. The highest BCUT2D eigenvalue weighted by Gasteiger charge is 2.35. The average Bonchev–Trinajstić information content (AvgIpc) is 3.14. The molecule has 1 amide bonds. The number of likely N-dealkylation sites (tertiary alicyclic amines) is 1. The van der Waals surface area contributed by atoms with Crippen molar-refractivity contribution in [3.63, 3.8) is 0 Å². The van der Waals surface area contributed by atoms with E-state index >= 15 is 0 Å². The Bertz CT molecular complexity index is 841. The van der Waals surface area contributed by atoms with Crippen LogP contribution >= 0.6 is 0 Å². The Balaban J connectivity index is 1.80. The number of fused-ring (bicyclic) bond motifs is 1. The first-order valence-electron chi connectivity index (χ1n) is 7.69. The number of nitrogens with zero attached hydrogens (tertiary/aromatic N) is 1. The monoisotopic (exact) mass is 336 g/mol. The van der Waals surface area contributed by atoms with E-state index in [2.05, 4.69) is 4.72 Å². The number of nitrogens with one attached hydrogen (secondary N) is 1. The van der Waals surface area contributed by atoms with Crippen LogP contribution in [-0.4, -0.2) is 44.1 Å². The van der Waals surface area contributed by atoms with Gasteiger partial charge in [0.15, 0.2) is 5.76 Å². The Labute approximate surface area is 135 Å². The van der Waals surface area contributed by atoms with Gasteiger partial charge in [0.1, 0.15) is 5.58 Å². The Morgan fingerprint density at radius 1 is 1.43 bits per heavy atom. The topological polar surface area (TPSA) is 79.6 Å². The molecule has 1 atom stereocenters. The van der Waals surface area contributed by atoms with Crippen molar-refractivity contribution in [3.05, 3.63) is 35.6 Å². The quantitative estimate of drug-likeness (QED) is 0.925. The van der Waals surface area contributed by atoms with E-state index in [1.807, 2.05) is 25.1 Å². The average molecular weight is 336 g/mol. The van der Waals surface area contributed by atoms with E-state index in [0.29, 0.717) is 25.1 Å². The first-order valence-corrected chi connectivity index (χ1v) is 9.24. The molecule has 2 heterocycles. The van der Waals surface area contributed by atoms with Gasteiger partial charge < -0.3 is 9.32 Å². The summed E-state index contributed by atoms with van der Waals surface area (Å²) in [5.74, 6) is 0.00518. The van der Waals surface area contributed by atoms with E-state index in [1.165, 1.54) is 0 Å². The largest absolute Gasteiger partial charge is 0.451 e. The smallest absolute Gasteiger partial charge is 0.289 e. The SMILES string of the molecule is CCNS(=O)(=O)C1CCN(C(=O)c2cc3cccc(C)c3o2)C1. The molecule has 0 spiro atoms. The molecular weight excluding hydrogens is 316 g/mol. The molecule has 0 saturated carbocycles. The Morgan fingerprint density at radius 2 is 2.22 bits per heavy atom. The lowest BCUT2D eigenvalue weighted by atomic mass is 10.2. The number of carbonyl (C=O) groups excluding carboxylic acids is 1. The summed E-state index contributed by atoms with van der Waals surface area (Å²) in [5.41, 5.74) is 1.67. The Hall–Kier alpha value is -1.86. The second kappa shape index (κ2) is 5.98. The fourth-order valence-electron chi connectivity index (χ4n) is 2.96. The van der Waals surface area contributed by atoms with Crippen molar-refractivity contribution in [2.75, 3.05) is 19.6 Å². The first-order chi connectivity index (χ1) is 10.9. The molecule has 2 aromatic rings. The van der Waals surface area contributed by atoms with Crippen LogP contribution in [0, 0.1) is 6.92 Å². The van der Waals surface area contributed by atoms with Gasteiger partial charge in [-0.15, -0.1) is 0 Å². The lowest BCUT2D eigenvalue weighted by Gasteiger charge is -2.15. The summed E-state index contributed by atoms with van der Waals surface area (Å²) in [7, 11) is -3.36. The van der Waals surface area contributed by atoms with Crippen LogP contribution in [0.3, 0.4) is 0 Å². The summed E-state index contributed by atoms with van der Waals surface area (Å²) in [6, 6.07) is 7.45. The minimum atomic E-state index is -3.36. The highest BCUT2D eigenvalue weighted by molar-refractivity contribution is 7.90. The minimum Gasteiger partial charge on any atom is -0.451 e. The third-order valence-corrected chi connectivity index (χ3v) is 6.12. The molecule has 1 aliphatic rings. The zero-order valence-electron chi connectivity index (χ0n) is 13.2. The summed E-state index contributed by atoms with van der Waals surface area (Å²) in [5, 5.41) is 0.321. The maximum absolute atomic E-state index is 12.6. The van der Waals surface area contributed by atoms with Gasteiger partial charge in [0, 0.05) is 25.0 Å². The van der Waals surface area contributed by atoms with Gasteiger partial charge in [0.25, 0.3) is 5.91 Å². The van der Waals surface area contributed by atoms with E-state index in [-0.39, 0.29) is 18.2 Å². The highest BCUT2D eigenvalue weighted by Crippen LogP contribution is 2.25. The number of hydrogen-bond acceptors (Lipinski definition) is 4. The van der Waals surface area contributed by atoms with Crippen LogP contribution in [0.25, 0.3) is 11.0 Å². The molecule has 1 saturated heterocycles. The number of para-hydroxylation sites is 1. The number of hydrogen-bond donors (Lipinski definition) is 1. The predicted octanol–water partition coefficient (Wildman–Crippen LogP) is 1.90. The van der Waals surface area contributed by atoms with Crippen LogP contribution < -0.4 is 4.72 Å². The Morgan fingerprint density at radius 3 is 2.91 bits per heavy atom. The van der Waals surface area contributed by atoms with Gasteiger partial charge in [-0.1, -0.05) is 25.1 Å². The zero-order chi connectivity index (χ0) is 16.6. The van der Waals surface area contributed by atoms with Crippen molar-refractivity contribution in [2.24, 2.45) is 0 Å². The van der Waals surface area contributed by atoms with Gasteiger partial charge in [-0.25, -0.2) is 13.1 Å². The van der Waals surface area contributed by atoms with Crippen molar-refractivity contribution >= 4 is 26.9 Å². The van der Waals surface area contributed by atoms with Gasteiger partial charge in [-0.2, -0.15) is 0 Å². The second-order valence-corrected chi connectivity index (χ2v) is 7.85. The first kappa shape index (κ1) is 16.0. The molecule has 0 bridgehead atoms. The lowest BCUT2D eigenvalue weighted by molar-refractivity contribution is 0.0764. The number of carbonyl (C=O) groups is 1. The number of rotatable bonds is 4. The molecule has 1 aromatic carbocycles. The van der Waals surface area contributed by atoms with Crippen LogP contribution in [-0.2, 0) is 10.0 Å². The van der Waals surface area contributed by atoms with Crippen molar-refractivity contribution in [3.8, 4) is 0 Å². The third kappa shape index (κ3) is 2.98. The van der Waals surface area contributed by atoms with Gasteiger partial charge in [0.2, 0.25) is 10.0 Å². The molecule has 124 valence electrons. The van der Waals surface area contributed by atoms with E-state index < -0.39 is 15.3 Å². The molecule has 1 aromatic heterocycles. The normalized spacial score (nSPS) is 18.7. The van der Waals surface area contributed by atoms with E-state index in [9.17, 15) is 13.2 Å². The molecule has 23 heavy (non-hydrogen) atoms. The fraction of sp³-hybridized carbons (Fsp3) is 0.438. The van der Waals surface area contributed by atoms with E-state index in [4.69, 9.17) is 4.42 Å². The van der Waals surface area contributed by atoms with Gasteiger partial charge >= 0.3 is 0 Å². The van der Waals surface area contributed by atoms with E-state index in [1.54, 1.807) is 17.9 Å². The third-order valence-electron chi connectivity index (χ3n) is 4.17. The van der Waals surface area contributed by atoms with Gasteiger partial charge in [0.05, 0.1) is 5.25 Å². The van der Waals surface area contributed by atoms with Gasteiger partial charge in [-0.05, 0) is 25.0 Å². The maximum Gasteiger partial charge on any atom is 0.289 e. The molecule has 1 N–H and O–H groups in total. The number of furan rings is 1. The molecule has 1 fully saturated rings. The number of aryl methyl sites for hydroxylation is 1. The summed E-state index contributed by atoms with van der Waals surface area (Å²) in [4.78, 5) is 14.1. The van der Waals surface area contributed by atoms with Crippen molar-refractivity contribution in [1.82, 2.24) is 9.62 Å². The zero-order valence-corrected chi connectivity index (χ0v) is 14.0. The number of benzene rings is 1. The summed E-state index contributed by atoms with van der Waals surface area (Å²) in [6.07, 6.45) is 0.445. The molecule has 3 rings (SSSR count). The van der Waals surface area contributed by atoms with Crippen molar-refractivity contribution in [1.29, 1.82) is 0 Å². The van der Waals surface area contributed by atoms with Crippen LogP contribution in [0.15, 0.2) is 28.7 Å². The summed E-state index contributed by atoms with van der Waals surface area (Å²) < 4.78 is 32.3. The molecule has 6 nitrogen and oxygen atoms in total. The standard InChI is InChI=1S/C16H20N2O4S/c1-3-17-23(20,21)13-7-8-18(10-13)16(19)14-9-12-6-4-5-11(2)15(12)22-14/h4-6,9,13,17H,3,7-8,10H2,1-2H3. The minimum absolute atomic E-state index is 0.199. The van der Waals surface area contributed by atoms with Crippen LogP contribution in [0.1, 0.15) is 29.5 Å². The van der Waals surface area contributed by atoms with Gasteiger partial charge in [-0.3, -0.25) is 4.79 Å². The molecule has 0 radical (unpaired) electrons. The second-order valence-electron chi connectivity index (χ2n) is 5.81. The van der Waals surface area contributed by atoms with Crippen LogP contribution in [0.4, 0.5) is 0 Å². The summed E-state index contributed by atoms with van der Waals surface area (Å²) in [6.45, 7) is 4.64. The molecule has 1 unspecified atom stereocenters. The number of sulfonamides is 1. The maximum atomic E-state index is 12.6. The van der Waals surface area contributed by atoms with Crippen LogP contribution in [0.2, 0.25) is 0 Å². The highest BCUT2D eigenvalue weighted by atomic mass is 32.2. The summed E-state index contributed by atoms with van der Waals surface area (Å²) >= 11 is 0. The Kier molecular flexibility index (Phi) is 4.16. The fourth-order valence-corrected chi connectivity index (χ4v) is 4.39. The molecular formula is C16H20N2O4S.